The fourth-order valence-corrected chi connectivity index (χ4v) is 5.56. The first-order valence-electron chi connectivity index (χ1n) is 12.7. The summed E-state index contributed by atoms with van der Waals surface area (Å²) in [5, 5.41) is 9.67. The second kappa shape index (κ2) is 9.41. The number of aromatic nitrogens is 2. The fraction of sp³-hybridized carbons (Fsp3) is 0.267. The Morgan fingerprint density at radius 3 is 2.54 bits per heavy atom. The number of amides is 1. The molecule has 188 valence electrons. The maximum atomic E-state index is 12.9. The standard InChI is InChI=1S/C30H30N4O3/c1-18-28(19(2)37-33-18)21-14-25(30(31)35)29-24-16-23(32-22-10-12-36-13-11-22)8-9-26(24)34(27(29)15-21)17-20-6-4-3-5-7-20/h3-9,14-16,22,32H,10-13,17H2,1-2H3,(H2,31,35). The Labute approximate surface area is 215 Å². The number of fused-ring (bicyclic) bond motifs is 3. The molecule has 2 aromatic heterocycles. The third-order valence-corrected chi connectivity index (χ3v) is 7.33. The van der Waals surface area contributed by atoms with E-state index >= 15 is 0 Å². The van der Waals surface area contributed by atoms with Crippen LogP contribution in [0.1, 0.15) is 40.2 Å². The van der Waals surface area contributed by atoms with Gasteiger partial charge in [0, 0.05) is 58.9 Å². The van der Waals surface area contributed by atoms with Crippen molar-refractivity contribution in [2.75, 3.05) is 18.5 Å². The van der Waals surface area contributed by atoms with Crippen molar-refractivity contribution in [1.29, 1.82) is 0 Å². The van der Waals surface area contributed by atoms with Crippen LogP contribution in [0.2, 0.25) is 0 Å². The number of aryl methyl sites for hydroxylation is 2. The van der Waals surface area contributed by atoms with Crippen LogP contribution in [0.25, 0.3) is 32.9 Å². The highest BCUT2D eigenvalue weighted by Crippen LogP contribution is 2.38. The van der Waals surface area contributed by atoms with Crippen molar-refractivity contribution in [3.05, 3.63) is 83.2 Å². The van der Waals surface area contributed by atoms with Gasteiger partial charge in [0.25, 0.3) is 0 Å². The lowest BCUT2D eigenvalue weighted by atomic mass is 9.97. The van der Waals surface area contributed by atoms with Crippen LogP contribution in [0.5, 0.6) is 0 Å². The SMILES string of the molecule is Cc1noc(C)c1-c1cc(C(N)=O)c2c3cc(NC4CCOCC4)ccc3n(Cc3ccccc3)c2c1. The molecule has 3 aromatic carbocycles. The van der Waals surface area contributed by atoms with Crippen LogP contribution < -0.4 is 11.1 Å². The lowest BCUT2D eigenvalue weighted by Gasteiger charge is -2.24. The van der Waals surface area contributed by atoms with Gasteiger partial charge in [-0.25, -0.2) is 0 Å². The van der Waals surface area contributed by atoms with Gasteiger partial charge in [0.05, 0.1) is 11.2 Å². The van der Waals surface area contributed by atoms with E-state index < -0.39 is 5.91 Å². The summed E-state index contributed by atoms with van der Waals surface area (Å²) in [6, 6.07) is 21.1. The van der Waals surface area contributed by atoms with Crippen molar-refractivity contribution in [1.82, 2.24) is 9.72 Å². The highest BCUT2D eigenvalue weighted by atomic mass is 16.5. The molecule has 7 nitrogen and oxygen atoms in total. The van der Waals surface area contributed by atoms with Crippen molar-refractivity contribution >= 4 is 33.4 Å². The zero-order valence-corrected chi connectivity index (χ0v) is 21.1. The minimum Gasteiger partial charge on any atom is -0.382 e. The Balaban J connectivity index is 1.60. The number of carbonyl (C=O) groups excluding carboxylic acids is 1. The number of hydrogen-bond donors (Lipinski definition) is 2. The average Bonchev–Trinajstić information content (AvgIpc) is 3.40. The summed E-state index contributed by atoms with van der Waals surface area (Å²) in [5.74, 6) is 0.251. The van der Waals surface area contributed by atoms with Gasteiger partial charge in [-0.15, -0.1) is 0 Å². The van der Waals surface area contributed by atoms with Gasteiger partial charge in [0.15, 0.2) is 0 Å². The van der Waals surface area contributed by atoms with Crippen molar-refractivity contribution in [3.8, 4) is 11.1 Å². The molecule has 0 saturated carbocycles. The van der Waals surface area contributed by atoms with Crippen molar-refractivity contribution in [3.63, 3.8) is 0 Å². The van der Waals surface area contributed by atoms with Crippen molar-refractivity contribution in [2.24, 2.45) is 5.73 Å². The number of rotatable bonds is 6. The molecular formula is C30H30N4O3. The molecule has 0 unspecified atom stereocenters. The van der Waals surface area contributed by atoms with E-state index in [0.717, 1.165) is 70.4 Å². The molecule has 0 aliphatic carbocycles. The zero-order valence-electron chi connectivity index (χ0n) is 21.1. The van der Waals surface area contributed by atoms with Gasteiger partial charge >= 0.3 is 0 Å². The number of carbonyl (C=O) groups is 1. The summed E-state index contributed by atoms with van der Waals surface area (Å²) in [6.45, 7) is 6.00. The minimum atomic E-state index is -0.458. The third kappa shape index (κ3) is 4.25. The van der Waals surface area contributed by atoms with E-state index in [1.165, 1.54) is 5.56 Å². The summed E-state index contributed by atoms with van der Waals surface area (Å²) in [4.78, 5) is 12.9. The normalized spacial score (nSPS) is 14.4. The van der Waals surface area contributed by atoms with Crippen LogP contribution in [-0.2, 0) is 11.3 Å². The largest absolute Gasteiger partial charge is 0.382 e. The van der Waals surface area contributed by atoms with Gasteiger partial charge in [-0.2, -0.15) is 0 Å². The van der Waals surface area contributed by atoms with Crippen LogP contribution >= 0.6 is 0 Å². The average molecular weight is 495 g/mol. The number of nitrogens with two attached hydrogens (primary N) is 1. The first kappa shape index (κ1) is 23.3. The predicted molar refractivity (Wildman–Crippen MR) is 146 cm³/mol. The Kier molecular flexibility index (Phi) is 5.93. The number of nitrogens with one attached hydrogen (secondary N) is 1. The van der Waals surface area contributed by atoms with Gasteiger partial charge in [0.2, 0.25) is 5.91 Å². The summed E-state index contributed by atoms with van der Waals surface area (Å²) < 4.78 is 13.2. The minimum absolute atomic E-state index is 0.366. The topological polar surface area (TPSA) is 95.3 Å². The smallest absolute Gasteiger partial charge is 0.249 e. The summed E-state index contributed by atoms with van der Waals surface area (Å²) >= 11 is 0. The molecule has 1 aliphatic heterocycles. The van der Waals surface area contributed by atoms with Gasteiger partial charge in [-0.1, -0.05) is 35.5 Å². The van der Waals surface area contributed by atoms with Crippen LogP contribution in [0, 0.1) is 13.8 Å². The number of benzene rings is 3. The van der Waals surface area contributed by atoms with Gasteiger partial charge in [-0.3, -0.25) is 4.79 Å². The Bertz CT molecular complexity index is 1590. The lowest BCUT2D eigenvalue weighted by Crippen LogP contribution is -2.27. The van der Waals surface area contributed by atoms with E-state index in [2.05, 4.69) is 51.4 Å². The Morgan fingerprint density at radius 2 is 1.84 bits per heavy atom. The second-order valence-corrected chi connectivity index (χ2v) is 9.82. The third-order valence-electron chi connectivity index (χ3n) is 7.33. The lowest BCUT2D eigenvalue weighted by molar-refractivity contribution is 0.0904. The molecule has 0 radical (unpaired) electrons. The van der Waals surface area contributed by atoms with Gasteiger partial charge < -0.3 is 24.9 Å². The van der Waals surface area contributed by atoms with E-state index in [0.29, 0.717) is 23.9 Å². The molecule has 0 bridgehead atoms. The number of nitrogens with zero attached hydrogens (tertiary/aromatic N) is 2. The molecule has 1 aliphatic rings. The molecular weight excluding hydrogens is 464 g/mol. The highest BCUT2D eigenvalue weighted by Gasteiger charge is 2.22. The first-order chi connectivity index (χ1) is 18.0. The predicted octanol–water partition coefficient (Wildman–Crippen LogP) is 5.80. The summed E-state index contributed by atoms with van der Waals surface area (Å²) in [6.07, 6.45) is 1.95. The molecule has 1 amide bonds. The van der Waals surface area contributed by atoms with E-state index in [9.17, 15) is 4.79 Å². The maximum absolute atomic E-state index is 12.9. The number of primary amides is 1. The maximum Gasteiger partial charge on any atom is 0.249 e. The molecule has 1 fully saturated rings. The number of hydrogen-bond acceptors (Lipinski definition) is 5. The fourth-order valence-electron chi connectivity index (χ4n) is 5.56. The van der Waals surface area contributed by atoms with Gasteiger partial charge in [-0.05, 0) is 68.1 Å². The van der Waals surface area contributed by atoms with Crippen LogP contribution in [-0.4, -0.2) is 34.9 Å². The molecule has 7 heteroatoms. The second-order valence-electron chi connectivity index (χ2n) is 9.82. The number of anilines is 1. The van der Waals surface area contributed by atoms with E-state index in [1.54, 1.807) is 0 Å². The van der Waals surface area contributed by atoms with E-state index in [4.69, 9.17) is 15.0 Å². The van der Waals surface area contributed by atoms with Crippen LogP contribution in [0.15, 0.2) is 65.2 Å². The molecule has 37 heavy (non-hydrogen) atoms. The van der Waals surface area contributed by atoms with Crippen molar-refractivity contribution in [2.45, 2.75) is 39.3 Å². The quantitative estimate of drug-likeness (QED) is 0.311. The van der Waals surface area contributed by atoms with Crippen LogP contribution in [0.4, 0.5) is 5.69 Å². The van der Waals surface area contributed by atoms with E-state index in [-0.39, 0.29) is 0 Å². The molecule has 6 rings (SSSR count). The molecule has 0 spiro atoms. The van der Waals surface area contributed by atoms with Crippen molar-refractivity contribution < 1.29 is 14.1 Å². The molecule has 3 heterocycles. The Morgan fingerprint density at radius 1 is 1.05 bits per heavy atom. The summed E-state index contributed by atoms with van der Waals surface area (Å²) in [5.41, 5.74) is 13.2. The molecule has 0 atom stereocenters. The number of ether oxygens (including phenoxy) is 1. The zero-order chi connectivity index (χ0) is 25.5. The van der Waals surface area contributed by atoms with Gasteiger partial charge in [0.1, 0.15) is 5.76 Å². The monoisotopic (exact) mass is 494 g/mol. The van der Waals surface area contributed by atoms with E-state index in [1.807, 2.05) is 38.1 Å². The first-order valence-corrected chi connectivity index (χ1v) is 12.7. The molecule has 3 N–H and O–H groups in total. The Hall–Kier alpha value is -4.10. The highest BCUT2D eigenvalue weighted by molar-refractivity contribution is 6.19. The van der Waals surface area contributed by atoms with Crippen LogP contribution in [0.3, 0.4) is 0 Å². The molecule has 5 aromatic rings. The molecule has 1 saturated heterocycles. The summed E-state index contributed by atoms with van der Waals surface area (Å²) in [7, 11) is 0.